The summed E-state index contributed by atoms with van der Waals surface area (Å²) >= 11 is 0. The van der Waals surface area contributed by atoms with Crippen LogP contribution in [0.2, 0.25) is 0 Å². The summed E-state index contributed by atoms with van der Waals surface area (Å²) in [5.41, 5.74) is 0.546. The van der Waals surface area contributed by atoms with Gasteiger partial charge < -0.3 is 9.64 Å². The van der Waals surface area contributed by atoms with E-state index in [0.717, 1.165) is 58.0 Å². The van der Waals surface area contributed by atoms with Gasteiger partial charge in [0.25, 0.3) is 5.91 Å². The number of ether oxygens (including phenoxy) is 1. The van der Waals surface area contributed by atoms with Crippen molar-refractivity contribution in [2.24, 2.45) is 0 Å². The fraction of sp³-hybridized carbons (Fsp3) is 0.765. The van der Waals surface area contributed by atoms with Gasteiger partial charge in [-0.2, -0.15) is 0 Å². The lowest BCUT2D eigenvalue weighted by Crippen LogP contribution is -2.43. The molecule has 4 nitrogen and oxygen atoms in total. The predicted octanol–water partition coefficient (Wildman–Crippen LogP) is 3.21. The monoisotopic (exact) mass is 293 g/mol. The van der Waals surface area contributed by atoms with E-state index in [-0.39, 0.29) is 11.9 Å². The fourth-order valence-corrected chi connectivity index (χ4v) is 3.59. The van der Waals surface area contributed by atoms with E-state index in [1.807, 2.05) is 4.90 Å². The first-order valence-corrected chi connectivity index (χ1v) is 8.29. The van der Waals surface area contributed by atoms with E-state index in [9.17, 15) is 9.59 Å². The van der Waals surface area contributed by atoms with Crippen molar-refractivity contribution >= 4 is 11.9 Å². The van der Waals surface area contributed by atoms with Gasteiger partial charge in [-0.3, -0.25) is 4.79 Å². The summed E-state index contributed by atoms with van der Waals surface area (Å²) in [6.07, 6.45) is 6.66. The Morgan fingerprint density at radius 2 is 1.71 bits per heavy atom. The highest BCUT2D eigenvalue weighted by Crippen LogP contribution is 2.44. The lowest BCUT2D eigenvalue weighted by molar-refractivity contribution is -0.150. The molecule has 0 N–H and O–H groups in total. The van der Waals surface area contributed by atoms with Crippen LogP contribution in [0, 0.1) is 0 Å². The largest absolute Gasteiger partial charge is 0.451 e. The second-order valence-electron chi connectivity index (χ2n) is 6.24. The number of amides is 1. The highest BCUT2D eigenvalue weighted by molar-refractivity contribution is 6.07. The summed E-state index contributed by atoms with van der Waals surface area (Å²) in [6.45, 7) is 7.38. The van der Waals surface area contributed by atoms with Crippen molar-refractivity contribution in [3.8, 4) is 0 Å². The Bertz CT molecular complexity index is 441. The van der Waals surface area contributed by atoms with Gasteiger partial charge >= 0.3 is 5.97 Å². The van der Waals surface area contributed by atoms with Gasteiger partial charge in [-0.05, 0) is 45.4 Å². The maximum Gasteiger partial charge on any atom is 0.335 e. The molecule has 0 aromatic heterocycles. The molecule has 0 saturated heterocycles. The van der Waals surface area contributed by atoms with E-state index in [2.05, 4.69) is 13.8 Å². The van der Waals surface area contributed by atoms with Crippen LogP contribution in [-0.4, -0.2) is 35.5 Å². The van der Waals surface area contributed by atoms with Crippen molar-refractivity contribution in [3.63, 3.8) is 0 Å². The molecule has 2 rings (SSSR count). The van der Waals surface area contributed by atoms with Crippen LogP contribution in [0.1, 0.15) is 65.7 Å². The number of carbonyl (C=O) groups excluding carboxylic acids is 2. The van der Waals surface area contributed by atoms with Gasteiger partial charge in [0.1, 0.15) is 5.60 Å². The van der Waals surface area contributed by atoms with Crippen LogP contribution in [0.5, 0.6) is 0 Å². The number of carbonyl (C=O) groups is 2. The summed E-state index contributed by atoms with van der Waals surface area (Å²) in [6, 6.07) is 0. The van der Waals surface area contributed by atoms with E-state index >= 15 is 0 Å². The maximum absolute atomic E-state index is 13.0. The minimum atomic E-state index is -0.629. The molecular formula is C17H27NO3. The third-order valence-corrected chi connectivity index (χ3v) is 4.57. The molecule has 1 spiro atoms. The highest BCUT2D eigenvalue weighted by Gasteiger charge is 2.50. The van der Waals surface area contributed by atoms with Crippen molar-refractivity contribution in [1.29, 1.82) is 0 Å². The molecule has 1 heterocycles. The second kappa shape index (κ2) is 6.63. The van der Waals surface area contributed by atoms with E-state index in [4.69, 9.17) is 4.74 Å². The fourth-order valence-electron chi connectivity index (χ4n) is 3.59. The summed E-state index contributed by atoms with van der Waals surface area (Å²) in [7, 11) is 0. The van der Waals surface area contributed by atoms with Gasteiger partial charge in [0.05, 0.1) is 5.57 Å². The molecule has 118 valence electrons. The van der Waals surface area contributed by atoms with Crippen LogP contribution in [0.25, 0.3) is 0 Å². The van der Waals surface area contributed by atoms with Crippen LogP contribution in [0.4, 0.5) is 0 Å². The number of esters is 1. The van der Waals surface area contributed by atoms with Crippen LogP contribution < -0.4 is 0 Å². The second-order valence-corrected chi connectivity index (χ2v) is 6.24. The minimum absolute atomic E-state index is 0.0175. The topological polar surface area (TPSA) is 46.6 Å². The Morgan fingerprint density at radius 1 is 1.14 bits per heavy atom. The maximum atomic E-state index is 13.0. The molecule has 21 heavy (non-hydrogen) atoms. The van der Waals surface area contributed by atoms with Crippen LogP contribution in [0.3, 0.4) is 0 Å². The zero-order valence-corrected chi connectivity index (χ0v) is 13.5. The van der Waals surface area contributed by atoms with Gasteiger partial charge in [0.15, 0.2) is 0 Å². The summed E-state index contributed by atoms with van der Waals surface area (Å²) in [5.74, 6) is -0.280. The molecule has 1 amide bonds. The number of rotatable bonds is 5. The average Bonchev–Trinajstić information content (AvgIpc) is 2.70. The van der Waals surface area contributed by atoms with Crippen molar-refractivity contribution < 1.29 is 14.3 Å². The summed E-state index contributed by atoms with van der Waals surface area (Å²) in [4.78, 5) is 26.9. The molecule has 1 saturated carbocycles. The van der Waals surface area contributed by atoms with E-state index < -0.39 is 5.60 Å². The zero-order chi connectivity index (χ0) is 15.5. The first-order valence-electron chi connectivity index (χ1n) is 8.29. The number of hydrogen-bond acceptors (Lipinski definition) is 3. The van der Waals surface area contributed by atoms with Gasteiger partial charge in [-0.25, -0.2) is 4.79 Å². The Labute approximate surface area is 127 Å². The van der Waals surface area contributed by atoms with Crippen LogP contribution >= 0.6 is 0 Å². The molecule has 0 aromatic rings. The number of hydrogen-bond donors (Lipinski definition) is 0. The quantitative estimate of drug-likeness (QED) is 0.731. The standard InChI is InChI=1S/C17H27NO3/c1-4-11-18(12-5-2)15(19)14-13(3)16(20)21-17(14)9-7-6-8-10-17/h4-12H2,1-3H3. The normalized spacial score (nSPS) is 20.8. The first-order chi connectivity index (χ1) is 10.1. The molecule has 4 heteroatoms. The van der Waals surface area contributed by atoms with E-state index in [1.54, 1.807) is 6.92 Å². The third-order valence-electron chi connectivity index (χ3n) is 4.57. The SMILES string of the molecule is CCCN(CCC)C(=O)C1=C(C)C(=O)OC12CCCCC2. The third kappa shape index (κ3) is 2.99. The molecular weight excluding hydrogens is 266 g/mol. The minimum Gasteiger partial charge on any atom is -0.451 e. The zero-order valence-electron chi connectivity index (χ0n) is 13.5. The molecule has 0 radical (unpaired) electrons. The Balaban J connectivity index is 2.32. The van der Waals surface area contributed by atoms with Crippen molar-refractivity contribution in [3.05, 3.63) is 11.1 Å². The Morgan fingerprint density at radius 3 is 2.24 bits per heavy atom. The van der Waals surface area contributed by atoms with Gasteiger partial charge in [0.2, 0.25) is 0 Å². The van der Waals surface area contributed by atoms with Crippen LogP contribution in [-0.2, 0) is 14.3 Å². The first kappa shape index (κ1) is 16.1. The predicted molar refractivity (Wildman–Crippen MR) is 81.8 cm³/mol. The lowest BCUT2D eigenvalue weighted by Gasteiger charge is -2.36. The van der Waals surface area contributed by atoms with Crippen molar-refractivity contribution in [2.45, 2.75) is 71.3 Å². The van der Waals surface area contributed by atoms with Crippen molar-refractivity contribution in [1.82, 2.24) is 4.90 Å². The number of nitrogens with zero attached hydrogens (tertiary/aromatic N) is 1. The molecule has 0 bridgehead atoms. The summed E-state index contributed by atoms with van der Waals surface area (Å²) in [5, 5.41) is 0. The summed E-state index contributed by atoms with van der Waals surface area (Å²) < 4.78 is 5.68. The molecule has 1 fully saturated rings. The highest BCUT2D eigenvalue weighted by atomic mass is 16.6. The molecule has 1 aliphatic carbocycles. The van der Waals surface area contributed by atoms with Gasteiger partial charge in [-0.1, -0.05) is 20.3 Å². The van der Waals surface area contributed by atoms with Crippen molar-refractivity contribution in [2.75, 3.05) is 13.1 Å². The smallest absolute Gasteiger partial charge is 0.335 e. The molecule has 0 aromatic carbocycles. The molecule has 2 aliphatic rings. The van der Waals surface area contributed by atoms with E-state index in [1.165, 1.54) is 0 Å². The van der Waals surface area contributed by atoms with Crippen LogP contribution in [0.15, 0.2) is 11.1 Å². The molecule has 0 unspecified atom stereocenters. The Kier molecular flexibility index (Phi) is 5.07. The molecule has 0 atom stereocenters. The molecule has 1 aliphatic heterocycles. The Hall–Kier alpha value is -1.32. The van der Waals surface area contributed by atoms with Gasteiger partial charge in [-0.15, -0.1) is 0 Å². The average molecular weight is 293 g/mol. The lowest BCUT2D eigenvalue weighted by atomic mass is 9.78. The van der Waals surface area contributed by atoms with Gasteiger partial charge in [0, 0.05) is 18.7 Å². The van der Waals surface area contributed by atoms with E-state index in [0.29, 0.717) is 11.1 Å².